The molecule has 0 saturated heterocycles. The number of fused-ring (bicyclic) bond motifs is 1. The van der Waals surface area contributed by atoms with Gasteiger partial charge in [-0.1, -0.05) is 15.9 Å². The SMILES string of the molecule is Cc1nc(Cl)nc2ccc(Br)cc12. The molecular formula is C9H6BrClN2. The second-order valence-corrected chi connectivity index (χ2v) is 3.99. The molecule has 0 aliphatic rings. The monoisotopic (exact) mass is 256 g/mol. The van der Waals surface area contributed by atoms with Gasteiger partial charge in [0.25, 0.3) is 0 Å². The smallest absolute Gasteiger partial charge is 0.223 e. The molecule has 2 aromatic rings. The number of halogens is 2. The van der Waals surface area contributed by atoms with Gasteiger partial charge in [0.1, 0.15) is 0 Å². The summed E-state index contributed by atoms with van der Waals surface area (Å²) in [6.07, 6.45) is 0. The van der Waals surface area contributed by atoms with Crippen LogP contribution in [0, 0.1) is 6.92 Å². The summed E-state index contributed by atoms with van der Waals surface area (Å²) >= 11 is 9.13. The number of aromatic nitrogens is 2. The Labute approximate surface area is 89.1 Å². The van der Waals surface area contributed by atoms with Gasteiger partial charge in [0.2, 0.25) is 5.28 Å². The molecule has 0 aliphatic heterocycles. The Morgan fingerprint density at radius 1 is 1.31 bits per heavy atom. The van der Waals surface area contributed by atoms with Crippen LogP contribution in [-0.4, -0.2) is 9.97 Å². The van der Waals surface area contributed by atoms with Gasteiger partial charge in [0, 0.05) is 9.86 Å². The Morgan fingerprint density at radius 2 is 2.08 bits per heavy atom. The van der Waals surface area contributed by atoms with Gasteiger partial charge >= 0.3 is 0 Å². The van der Waals surface area contributed by atoms with Crippen LogP contribution in [0.15, 0.2) is 22.7 Å². The third-order valence-corrected chi connectivity index (χ3v) is 2.48. The minimum absolute atomic E-state index is 0.298. The van der Waals surface area contributed by atoms with Gasteiger partial charge in [-0.25, -0.2) is 9.97 Å². The Kier molecular flexibility index (Phi) is 2.22. The fourth-order valence-corrected chi connectivity index (χ4v) is 1.80. The van der Waals surface area contributed by atoms with Crippen LogP contribution in [0.5, 0.6) is 0 Å². The Hall–Kier alpha value is -0.670. The first-order valence-electron chi connectivity index (χ1n) is 3.76. The van der Waals surface area contributed by atoms with Gasteiger partial charge in [-0.05, 0) is 36.7 Å². The van der Waals surface area contributed by atoms with E-state index in [1.54, 1.807) is 0 Å². The molecule has 0 bridgehead atoms. The summed E-state index contributed by atoms with van der Waals surface area (Å²) < 4.78 is 1.02. The highest BCUT2D eigenvalue weighted by Crippen LogP contribution is 2.21. The summed E-state index contributed by atoms with van der Waals surface area (Å²) in [5.74, 6) is 0. The van der Waals surface area contributed by atoms with Gasteiger partial charge < -0.3 is 0 Å². The van der Waals surface area contributed by atoms with Crippen molar-refractivity contribution in [2.75, 3.05) is 0 Å². The molecule has 1 heterocycles. The zero-order valence-electron chi connectivity index (χ0n) is 6.88. The molecule has 0 fully saturated rings. The van der Waals surface area contributed by atoms with E-state index in [1.165, 1.54) is 0 Å². The van der Waals surface area contributed by atoms with Crippen molar-refractivity contribution in [3.05, 3.63) is 33.6 Å². The predicted octanol–water partition coefficient (Wildman–Crippen LogP) is 3.35. The molecule has 0 atom stereocenters. The van der Waals surface area contributed by atoms with Crippen molar-refractivity contribution < 1.29 is 0 Å². The third-order valence-electron chi connectivity index (χ3n) is 1.82. The topological polar surface area (TPSA) is 25.8 Å². The summed E-state index contributed by atoms with van der Waals surface area (Å²) in [6.45, 7) is 1.92. The quantitative estimate of drug-likeness (QED) is 0.676. The van der Waals surface area contributed by atoms with E-state index in [4.69, 9.17) is 11.6 Å². The van der Waals surface area contributed by atoms with Crippen molar-refractivity contribution in [1.82, 2.24) is 9.97 Å². The van der Waals surface area contributed by atoms with Crippen molar-refractivity contribution in [2.45, 2.75) is 6.92 Å². The lowest BCUT2D eigenvalue weighted by atomic mass is 10.2. The Morgan fingerprint density at radius 3 is 2.85 bits per heavy atom. The summed E-state index contributed by atoms with van der Waals surface area (Å²) in [4.78, 5) is 8.19. The maximum absolute atomic E-state index is 5.73. The van der Waals surface area contributed by atoms with Crippen molar-refractivity contribution in [3.8, 4) is 0 Å². The maximum Gasteiger partial charge on any atom is 0.223 e. The zero-order valence-corrected chi connectivity index (χ0v) is 9.22. The molecule has 2 nitrogen and oxygen atoms in total. The molecule has 1 aromatic heterocycles. The first-order valence-corrected chi connectivity index (χ1v) is 4.93. The summed E-state index contributed by atoms with van der Waals surface area (Å²) in [5.41, 5.74) is 1.78. The largest absolute Gasteiger partial charge is 0.223 e. The number of hydrogen-bond acceptors (Lipinski definition) is 2. The second-order valence-electron chi connectivity index (χ2n) is 2.74. The lowest BCUT2D eigenvalue weighted by molar-refractivity contribution is 1.15. The van der Waals surface area contributed by atoms with Crippen LogP contribution in [-0.2, 0) is 0 Å². The first-order chi connectivity index (χ1) is 6.16. The molecule has 1 aromatic carbocycles. The molecule has 0 radical (unpaired) electrons. The van der Waals surface area contributed by atoms with Crippen LogP contribution in [0.25, 0.3) is 10.9 Å². The molecule has 0 saturated carbocycles. The van der Waals surface area contributed by atoms with Crippen LogP contribution in [0.4, 0.5) is 0 Å². The second kappa shape index (κ2) is 3.24. The van der Waals surface area contributed by atoms with E-state index in [-0.39, 0.29) is 0 Å². The van der Waals surface area contributed by atoms with E-state index in [0.717, 1.165) is 21.1 Å². The highest BCUT2D eigenvalue weighted by atomic mass is 79.9. The molecule has 4 heteroatoms. The van der Waals surface area contributed by atoms with Gasteiger partial charge in [-0.15, -0.1) is 0 Å². The van der Waals surface area contributed by atoms with Crippen molar-refractivity contribution >= 4 is 38.4 Å². The van der Waals surface area contributed by atoms with E-state index in [9.17, 15) is 0 Å². The Bertz CT molecular complexity index is 470. The van der Waals surface area contributed by atoms with Gasteiger partial charge in [-0.3, -0.25) is 0 Å². The van der Waals surface area contributed by atoms with Crippen molar-refractivity contribution in [2.24, 2.45) is 0 Å². The molecule has 0 aliphatic carbocycles. The summed E-state index contributed by atoms with van der Waals surface area (Å²) in [7, 11) is 0. The minimum Gasteiger partial charge on any atom is -0.223 e. The number of aryl methyl sites for hydroxylation is 1. The molecule has 0 N–H and O–H groups in total. The molecular weight excluding hydrogens is 251 g/mol. The van der Waals surface area contributed by atoms with Crippen molar-refractivity contribution in [1.29, 1.82) is 0 Å². The van der Waals surface area contributed by atoms with E-state index >= 15 is 0 Å². The normalized spacial score (nSPS) is 10.7. The van der Waals surface area contributed by atoms with Crippen LogP contribution < -0.4 is 0 Å². The van der Waals surface area contributed by atoms with E-state index in [1.807, 2.05) is 25.1 Å². The van der Waals surface area contributed by atoms with Gasteiger partial charge in [0.05, 0.1) is 11.2 Å². The van der Waals surface area contributed by atoms with Crippen molar-refractivity contribution in [3.63, 3.8) is 0 Å². The van der Waals surface area contributed by atoms with E-state index in [0.29, 0.717) is 5.28 Å². The lowest BCUT2D eigenvalue weighted by Crippen LogP contribution is -1.89. The average molecular weight is 258 g/mol. The van der Waals surface area contributed by atoms with E-state index < -0.39 is 0 Å². The van der Waals surface area contributed by atoms with Gasteiger partial charge in [-0.2, -0.15) is 0 Å². The fourth-order valence-electron chi connectivity index (χ4n) is 1.22. The molecule has 0 unspecified atom stereocenters. The summed E-state index contributed by atoms with van der Waals surface area (Å²) in [6, 6.07) is 5.84. The predicted molar refractivity (Wildman–Crippen MR) is 57.0 cm³/mol. The zero-order chi connectivity index (χ0) is 9.42. The maximum atomic E-state index is 5.73. The fraction of sp³-hybridized carbons (Fsp3) is 0.111. The molecule has 66 valence electrons. The lowest BCUT2D eigenvalue weighted by Gasteiger charge is -2.01. The molecule has 0 spiro atoms. The van der Waals surface area contributed by atoms with Crippen LogP contribution in [0.2, 0.25) is 5.28 Å². The number of benzene rings is 1. The first kappa shape index (κ1) is 8.91. The minimum atomic E-state index is 0.298. The van der Waals surface area contributed by atoms with Crippen LogP contribution in [0.3, 0.4) is 0 Å². The number of hydrogen-bond donors (Lipinski definition) is 0. The van der Waals surface area contributed by atoms with E-state index in [2.05, 4.69) is 25.9 Å². The number of rotatable bonds is 0. The highest BCUT2D eigenvalue weighted by molar-refractivity contribution is 9.10. The Balaban J connectivity index is 2.87. The number of nitrogens with zero attached hydrogens (tertiary/aromatic N) is 2. The molecule has 0 amide bonds. The third kappa shape index (κ3) is 1.67. The van der Waals surface area contributed by atoms with Crippen LogP contribution >= 0.6 is 27.5 Å². The standard InChI is InChI=1S/C9H6BrClN2/c1-5-7-4-6(10)2-3-8(7)13-9(11)12-5/h2-4H,1H3. The van der Waals surface area contributed by atoms with Crippen LogP contribution in [0.1, 0.15) is 5.69 Å². The molecule has 13 heavy (non-hydrogen) atoms. The summed E-state index contributed by atoms with van der Waals surface area (Å²) in [5, 5.41) is 1.33. The van der Waals surface area contributed by atoms with Gasteiger partial charge in [0.15, 0.2) is 0 Å². The molecule has 2 rings (SSSR count). The highest BCUT2D eigenvalue weighted by Gasteiger charge is 2.02. The average Bonchev–Trinajstić information content (AvgIpc) is 2.06.